The minimum Gasteiger partial charge on any atom is -0.374 e. The van der Waals surface area contributed by atoms with Crippen LogP contribution in [0.25, 0.3) is 0 Å². The maximum absolute atomic E-state index is 11.8. The molecule has 0 aliphatic carbocycles. The maximum Gasteiger partial charge on any atom is 0.221 e. The van der Waals surface area contributed by atoms with Gasteiger partial charge in [-0.05, 0) is 38.1 Å². The third kappa shape index (κ3) is 3.04. The fourth-order valence-corrected chi connectivity index (χ4v) is 2.28. The van der Waals surface area contributed by atoms with E-state index in [4.69, 9.17) is 0 Å². The summed E-state index contributed by atoms with van der Waals surface area (Å²) in [6.07, 6.45) is 0. The molecule has 0 aliphatic heterocycles. The number of nitrogens with one attached hydrogen (secondary N) is 1. The zero-order valence-corrected chi connectivity index (χ0v) is 10.7. The van der Waals surface area contributed by atoms with Crippen LogP contribution in [-0.4, -0.2) is 24.4 Å². The Labute approximate surface area is 100 Å². The predicted molar refractivity (Wildman–Crippen MR) is 64.2 cm³/mol. The molecule has 0 saturated carbocycles. The average molecular weight is 257 g/mol. The van der Waals surface area contributed by atoms with Crippen molar-refractivity contribution in [1.82, 2.24) is 0 Å². The van der Waals surface area contributed by atoms with Crippen LogP contribution in [-0.2, 0) is 14.6 Å². The number of benzene rings is 1. The standard InChI is InChI=1S/C11H15NO4S/c1-8(13)12-9-4-6-10(7-5-9)17(15,16)11(2,3)14/h4-7,14H,1-3H3,(H,12,13). The molecular weight excluding hydrogens is 242 g/mol. The van der Waals surface area contributed by atoms with Gasteiger partial charge >= 0.3 is 0 Å². The lowest BCUT2D eigenvalue weighted by atomic mass is 10.3. The number of carbonyl (C=O) groups excluding carboxylic acids is 1. The smallest absolute Gasteiger partial charge is 0.221 e. The highest BCUT2D eigenvalue weighted by Crippen LogP contribution is 2.23. The Morgan fingerprint density at radius 2 is 1.71 bits per heavy atom. The van der Waals surface area contributed by atoms with Gasteiger partial charge in [0, 0.05) is 12.6 Å². The minimum atomic E-state index is -3.78. The molecule has 6 heteroatoms. The van der Waals surface area contributed by atoms with Gasteiger partial charge in [0.1, 0.15) is 0 Å². The highest BCUT2D eigenvalue weighted by molar-refractivity contribution is 7.92. The molecule has 1 rings (SSSR count). The van der Waals surface area contributed by atoms with E-state index in [1.165, 1.54) is 45.0 Å². The van der Waals surface area contributed by atoms with E-state index in [0.717, 1.165) is 0 Å². The van der Waals surface area contributed by atoms with Crippen molar-refractivity contribution in [3.63, 3.8) is 0 Å². The Morgan fingerprint density at radius 1 is 1.24 bits per heavy atom. The second-order valence-electron chi connectivity index (χ2n) is 4.16. The van der Waals surface area contributed by atoms with Gasteiger partial charge in [-0.15, -0.1) is 0 Å². The number of anilines is 1. The van der Waals surface area contributed by atoms with Crippen LogP contribution in [0.15, 0.2) is 29.2 Å². The molecule has 17 heavy (non-hydrogen) atoms. The van der Waals surface area contributed by atoms with E-state index < -0.39 is 14.8 Å². The first-order valence-electron chi connectivity index (χ1n) is 4.99. The molecule has 0 spiro atoms. The van der Waals surface area contributed by atoms with Gasteiger partial charge in [0.2, 0.25) is 15.7 Å². The van der Waals surface area contributed by atoms with Crippen molar-refractivity contribution in [3.8, 4) is 0 Å². The monoisotopic (exact) mass is 257 g/mol. The number of aliphatic hydroxyl groups is 1. The summed E-state index contributed by atoms with van der Waals surface area (Å²) < 4.78 is 23.7. The molecule has 5 nitrogen and oxygen atoms in total. The summed E-state index contributed by atoms with van der Waals surface area (Å²) in [5.74, 6) is -0.233. The number of hydrogen-bond acceptors (Lipinski definition) is 4. The summed E-state index contributed by atoms with van der Waals surface area (Å²) in [4.78, 5) is 8.97. The van der Waals surface area contributed by atoms with E-state index in [9.17, 15) is 18.3 Å². The lowest BCUT2D eigenvalue weighted by Gasteiger charge is -2.18. The second kappa shape index (κ2) is 4.46. The van der Waals surface area contributed by atoms with Crippen LogP contribution < -0.4 is 5.32 Å². The van der Waals surface area contributed by atoms with Gasteiger partial charge in [-0.3, -0.25) is 4.79 Å². The molecule has 0 aromatic heterocycles. The van der Waals surface area contributed by atoms with Crippen LogP contribution in [0.2, 0.25) is 0 Å². The van der Waals surface area contributed by atoms with Crippen LogP contribution in [0.5, 0.6) is 0 Å². The number of hydrogen-bond donors (Lipinski definition) is 2. The Bertz CT molecular complexity index is 511. The molecule has 0 fully saturated rings. The molecule has 94 valence electrons. The number of sulfone groups is 1. The van der Waals surface area contributed by atoms with Crippen LogP contribution in [0.3, 0.4) is 0 Å². The molecule has 1 amide bonds. The molecule has 0 aliphatic rings. The van der Waals surface area contributed by atoms with E-state index in [-0.39, 0.29) is 10.8 Å². The zero-order chi connectivity index (χ0) is 13.3. The van der Waals surface area contributed by atoms with E-state index >= 15 is 0 Å². The van der Waals surface area contributed by atoms with E-state index in [1.54, 1.807) is 0 Å². The molecule has 0 heterocycles. The highest BCUT2D eigenvalue weighted by Gasteiger charge is 2.32. The molecule has 2 N–H and O–H groups in total. The summed E-state index contributed by atoms with van der Waals surface area (Å²) in [7, 11) is -3.78. The predicted octanol–water partition coefficient (Wildman–Crippen LogP) is 1.15. The first kappa shape index (κ1) is 13.7. The third-order valence-electron chi connectivity index (χ3n) is 2.14. The lowest BCUT2D eigenvalue weighted by Crippen LogP contribution is -2.31. The number of amides is 1. The SMILES string of the molecule is CC(=O)Nc1ccc(S(=O)(=O)C(C)(C)O)cc1. The van der Waals surface area contributed by atoms with Crippen molar-refractivity contribution < 1.29 is 18.3 Å². The molecule has 0 saturated heterocycles. The van der Waals surface area contributed by atoms with Crippen LogP contribution in [0, 0.1) is 0 Å². The normalized spacial score (nSPS) is 12.2. The Morgan fingerprint density at radius 3 is 2.06 bits per heavy atom. The maximum atomic E-state index is 11.8. The molecule has 1 aromatic carbocycles. The van der Waals surface area contributed by atoms with E-state index in [2.05, 4.69) is 5.32 Å². The van der Waals surface area contributed by atoms with Crippen molar-refractivity contribution >= 4 is 21.4 Å². The molecule has 0 bridgehead atoms. The Kier molecular flexibility index (Phi) is 3.59. The van der Waals surface area contributed by atoms with E-state index in [0.29, 0.717) is 5.69 Å². The van der Waals surface area contributed by atoms with Gasteiger partial charge in [-0.2, -0.15) is 0 Å². The van der Waals surface area contributed by atoms with Gasteiger partial charge in [0.05, 0.1) is 4.90 Å². The van der Waals surface area contributed by atoms with Gasteiger partial charge in [-0.25, -0.2) is 8.42 Å². The summed E-state index contributed by atoms with van der Waals surface area (Å²) in [5.41, 5.74) is 0.507. The Hall–Kier alpha value is -1.40. The van der Waals surface area contributed by atoms with Crippen molar-refractivity contribution in [2.24, 2.45) is 0 Å². The summed E-state index contributed by atoms with van der Waals surface area (Å²) >= 11 is 0. The van der Waals surface area contributed by atoms with Gasteiger partial charge < -0.3 is 10.4 Å². The zero-order valence-electron chi connectivity index (χ0n) is 9.89. The summed E-state index contributed by atoms with van der Waals surface area (Å²) in [5, 5.41) is 12.1. The topological polar surface area (TPSA) is 83.5 Å². The van der Waals surface area contributed by atoms with Crippen LogP contribution in [0.1, 0.15) is 20.8 Å². The quantitative estimate of drug-likeness (QED) is 0.850. The molecule has 1 aromatic rings. The third-order valence-corrected chi connectivity index (χ3v) is 4.35. The van der Waals surface area contributed by atoms with Gasteiger partial charge in [0.25, 0.3) is 0 Å². The fourth-order valence-electron chi connectivity index (χ4n) is 1.21. The molecule has 0 unspecified atom stereocenters. The number of carbonyl (C=O) groups is 1. The van der Waals surface area contributed by atoms with Crippen LogP contribution >= 0.6 is 0 Å². The van der Waals surface area contributed by atoms with Gasteiger partial charge in [0.15, 0.2) is 4.93 Å². The second-order valence-corrected chi connectivity index (χ2v) is 6.63. The van der Waals surface area contributed by atoms with Crippen molar-refractivity contribution in [3.05, 3.63) is 24.3 Å². The first-order valence-corrected chi connectivity index (χ1v) is 6.47. The highest BCUT2D eigenvalue weighted by atomic mass is 32.2. The lowest BCUT2D eigenvalue weighted by molar-refractivity contribution is -0.114. The Balaban J connectivity index is 3.08. The van der Waals surface area contributed by atoms with E-state index in [1.807, 2.05) is 0 Å². The summed E-state index contributed by atoms with van der Waals surface area (Å²) in [6.45, 7) is 3.79. The largest absolute Gasteiger partial charge is 0.374 e. The molecule has 0 atom stereocenters. The van der Waals surface area contributed by atoms with Crippen molar-refractivity contribution in [2.45, 2.75) is 30.6 Å². The minimum absolute atomic E-state index is 0.0131. The average Bonchev–Trinajstić information content (AvgIpc) is 2.15. The van der Waals surface area contributed by atoms with Gasteiger partial charge in [-0.1, -0.05) is 0 Å². The molecular formula is C11H15NO4S. The number of rotatable bonds is 3. The first-order chi connectivity index (χ1) is 7.64. The van der Waals surface area contributed by atoms with Crippen molar-refractivity contribution in [1.29, 1.82) is 0 Å². The van der Waals surface area contributed by atoms with Crippen LogP contribution in [0.4, 0.5) is 5.69 Å². The fraction of sp³-hybridized carbons (Fsp3) is 0.364. The van der Waals surface area contributed by atoms with Crippen molar-refractivity contribution in [2.75, 3.05) is 5.32 Å². The summed E-state index contributed by atoms with van der Waals surface area (Å²) in [6, 6.07) is 5.64. The molecule has 0 radical (unpaired) electrons.